The van der Waals surface area contributed by atoms with Crippen molar-refractivity contribution >= 4 is 87.5 Å². The van der Waals surface area contributed by atoms with Gasteiger partial charge in [0, 0.05) is 54.5 Å². The third-order valence-corrected chi connectivity index (χ3v) is 11.1. The molecule has 0 saturated heterocycles. The van der Waals surface area contributed by atoms with Crippen LogP contribution in [0.25, 0.3) is 110 Å². The summed E-state index contributed by atoms with van der Waals surface area (Å²) in [4.78, 5) is 0. The van der Waals surface area contributed by atoms with E-state index >= 15 is 0 Å². The first-order valence-corrected chi connectivity index (χ1v) is 18.1. The Morgan fingerprint density at radius 3 is 1.70 bits per heavy atom. The van der Waals surface area contributed by atoms with E-state index in [4.69, 9.17) is 8.83 Å². The highest BCUT2D eigenvalue weighted by atomic mass is 16.3. The van der Waals surface area contributed by atoms with Crippen LogP contribution >= 0.6 is 0 Å². The molecule has 0 N–H and O–H groups in total. The van der Waals surface area contributed by atoms with Gasteiger partial charge in [-0.25, -0.2) is 0 Å². The van der Waals surface area contributed by atoms with Crippen LogP contribution in [-0.2, 0) is 0 Å². The van der Waals surface area contributed by atoms with Gasteiger partial charge in [-0.05, 0) is 102 Å². The largest absolute Gasteiger partial charge is 0.456 e. The van der Waals surface area contributed by atoms with Gasteiger partial charge in [-0.3, -0.25) is 0 Å². The Morgan fingerprint density at radius 1 is 0.389 bits per heavy atom. The molecule has 8 aromatic carbocycles. The fraction of sp³-hybridized carbons (Fsp3) is 0. The van der Waals surface area contributed by atoms with E-state index < -0.39 is 0 Å². The lowest BCUT2D eigenvalue weighted by atomic mass is 9.98. The predicted molar refractivity (Wildman–Crippen MR) is 220 cm³/mol. The molecule has 12 aromatic rings. The zero-order valence-corrected chi connectivity index (χ0v) is 28.7. The van der Waals surface area contributed by atoms with Crippen LogP contribution in [0.4, 0.5) is 0 Å². The maximum absolute atomic E-state index is 9.60. The number of hydrogen-bond acceptors (Lipinski definition) is 3. The van der Waals surface area contributed by atoms with Crippen LogP contribution < -0.4 is 0 Å². The van der Waals surface area contributed by atoms with Gasteiger partial charge >= 0.3 is 0 Å². The average Bonchev–Trinajstić information content (AvgIpc) is 3.97. The zero-order chi connectivity index (χ0) is 35.5. The van der Waals surface area contributed by atoms with Crippen molar-refractivity contribution in [3.63, 3.8) is 0 Å². The number of nitrogens with zero attached hydrogens (tertiary/aromatic N) is 3. The van der Waals surface area contributed by atoms with Crippen LogP contribution in [0.2, 0.25) is 0 Å². The van der Waals surface area contributed by atoms with Gasteiger partial charge in [0.25, 0.3) is 0 Å². The molecule has 5 nitrogen and oxygen atoms in total. The lowest BCUT2D eigenvalue weighted by molar-refractivity contribution is 0.668. The fourth-order valence-corrected chi connectivity index (χ4v) is 8.78. The summed E-state index contributed by atoms with van der Waals surface area (Å²) in [6.45, 7) is 0. The van der Waals surface area contributed by atoms with Gasteiger partial charge in [-0.1, -0.05) is 72.8 Å². The molecule has 4 heterocycles. The third-order valence-electron chi connectivity index (χ3n) is 11.1. The predicted octanol–water partition coefficient (Wildman–Crippen LogP) is 13.2. The monoisotopic (exact) mass is 689 g/mol. The van der Waals surface area contributed by atoms with Crippen molar-refractivity contribution in [2.24, 2.45) is 0 Å². The minimum absolute atomic E-state index is 0.616. The second-order valence-electron chi connectivity index (χ2n) is 14.0. The van der Waals surface area contributed by atoms with E-state index in [0.717, 1.165) is 82.9 Å². The molecule has 0 spiro atoms. The van der Waals surface area contributed by atoms with Gasteiger partial charge in [-0.2, -0.15) is 5.26 Å². The van der Waals surface area contributed by atoms with E-state index in [0.29, 0.717) is 5.56 Å². The molecule has 0 aliphatic heterocycles. The summed E-state index contributed by atoms with van der Waals surface area (Å²) in [7, 11) is 0. The molecule has 0 bridgehead atoms. The highest BCUT2D eigenvalue weighted by Crippen LogP contribution is 2.42. The van der Waals surface area contributed by atoms with Crippen molar-refractivity contribution in [2.45, 2.75) is 0 Å². The van der Waals surface area contributed by atoms with Crippen molar-refractivity contribution in [3.05, 3.63) is 169 Å². The first-order valence-electron chi connectivity index (χ1n) is 18.1. The summed E-state index contributed by atoms with van der Waals surface area (Å²) in [5.41, 5.74) is 13.0. The molecule has 0 fully saturated rings. The fourth-order valence-electron chi connectivity index (χ4n) is 8.78. The minimum atomic E-state index is 0.616. The van der Waals surface area contributed by atoms with Crippen LogP contribution in [0.15, 0.2) is 173 Å². The Labute approximate surface area is 307 Å². The van der Waals surface area contributed by atoms with Crippen molar-refractivity contribution < 1.29 is 8.83 Å². The van der Waals surface area contributed by atoms with Crippen LogP contribution in [0.5, 0.6) is 0 Å². The molecule has 0 aliphatic rings. The normalized spacial score (nSPS) is 12.1. The van der Waals surface area contributed by atoms with Crippen molar-refractivity contribution in [1.82, 2.24) is 9.13 Å². The number of rotatable bonds is 3. The minimum Gasteiger partial charge on any atom is -0.456 e. The molecule has 0 radical (unpaired) electrons. The Kier molecular flexibility index (Phi) is 5.78. The molecule has 12 rings (SSSR count). The van der Waals surface area contributed by atoms with E-state index in [2.05, 4.69) is 143 Å². The van der Waals surface area contributed by atoms with Crippen LogP contribution in [0.1, 0.15) is 5.56 Å². The lowest BCUT2D eigenvalue weighted by Gasteiger charge is -2.10. The van der Waals surface area contributed by atoms with Crippen molar-refractivity contribution in [1.29, 1.82) is 5.26 Å². The second-order valence-corrected chi connectivity index (χ2v) is 14.0. The van der Waals surface area contributed by atoms with Gasteiger partial charge in [0.15, 0.2) is 0 Å². The number of para-hydroxylation sites is 3. The Bertz CT molecular complexity index is 3590. The van der Waals surface area contributed by atoms with Crippen LogP contribution in [-0.4, -0.2) is 9.13 Å². The van der Waals surface area contributed by atoms with E-state index in [-0.39, 0.29) is 0 Å². The molecular formula is C49H27N3O2. The third kappa shape index (κ3) is 3.97. The number of hydrogen-bond donors (Lipinski definition) is 0. The summed E-state index contributed by atoms with van der Waals surface area (Å²) in [6, 6.07) is 59.8. The first-order chi connectivity index (χ1) is 26.7. The number of aromatic nitrogens is 2. The van der Waals surface area contributed by atoms with Crippen LogP contribution in [0.3, 0.4) is 0 Å². The van der Waals surface area contributed by atoms with Gasteiger partial charge < -0.3 is 18.0 Å². The number of fused-ring (bicyclic) bond motifs is 12. The molecule has 0 aliphatic carbocycles. The first kappa shape index (κ1) is 29.1. The Balaban J connectivity index is 1.07. The SMILES string of the molecule is N#Cc1ccc2oc3ccc(-n4c5ccccc5c5c(-c6ccc7c(c6)c6ccccc6n7-c6ccc7oc8ccccc8c7c6)cccc54)cc3c2c1. The van der Waals surface area contributed by atoms with Gasteiger partial charge in [0.1, 0.15) is 22.3 Å². The Hall–Kier alpha value is -7.55. The van der Waals surface area contributed by atoms with Gasteiger partial charge in [0.2, 0.25) is 0 Å². The van der Waals surface area contributed by atoms with Crippen LogP contribution in [0, 0.1) is 11.3 Å². The summed E-state index contributed by atoms with van der Waals surface area (Å²) in [5.74, 6) is 0. The van der Waals surface area contributed by atoms with E-state index in [1.807, 2.05) is 30.3 Å². The van der Waals surface area contributed by atoms with E-state index in [9.17, 15) is 5.26 Å². The number of benzene rings is 8. The molecular weight excluding hydrogens is 663 g/mol. The molecule has 4 aromatic heterocycles. The zero-order valence-electron chi connectivity index (χ0n) is 28.7. The summed E-state index contributed by atoms with van der Waals surface area (Å²) in [6.07, 6.45) is 0. The van der Waals surface area contributed by atoms with Crippen molar-refractivity contribution in [2.75, 3.05) is 0 Å². The quantitative estimate of drug-likeness (QED) is 0.185. The van der Waals surface area contributed by atoms with E-state index in [1.54, 1.807) is 6.07 Å². The molecule has 0 atom stereocenters. The van der Waals surface area contributed by atoms with Gasteiger partial charge in [0.05, 0.1) is 33.7 Å². The molecule has 0 saturated carbocycles. The second kappa shape index (κ2) is 10.7. The molecule has 54 heavy (non-hydrogen) atoms. The smallest absolute Gasteiger partial charge is 0.135 e. The average molecular weight is 690 g/mol. The van der Waals surface area contributed by atoms with Crippen molar-refractivity contribution in [3.8, 4) is 28.6 Å². The molecule has 250 valence electrons. The Morgan fingerprint density at radius 2 is 0.944 bits per heavy atom. The molecule has 0 amide bonds. The number of furan rings is 2. The maximum Gasteiger partial charge on any atom is 0.135 e. The summed E-state index contributed by atoms with van der Waals surface area (Å²) in [5, 5.41) is 18.6. The highest BCUT2D eigenvalue weighted by Gasteiger charge is 2.20. The standard InChI is InChI=1S/C49H27N3O2/c50-28-29-16-21-46-38(24-29)40-27-32(19-23-48(40)54-46)52-42-13-5-2-10-36(42)49-33(11-7-14-44(49)52)30-17-20-43-37(25-30)34-8-1-4-12-41(34)51(43)31-18-22-47-39(26-31)35-9-3-6-15-45(35)53-47/h1-27H. The summed E-state index contributed by atoms with van der Waals surface area (Å²) >= 11 is 0. The lowest BCUT2D eigenvalue weighted by Crippen LogP contribution is -1.94. The highest BCUT2D eigenvalue weighted by molar-refractivity contribution is 6.18. The number of nitriles is 1. The molecule has 5 heteroatoms. The van der Waals surface area contributed by atoms with E-state index in [1.165, 1.54) is 27.1 Å². The summed E-state index contributed by atoms with van der Waals surface area (Å²) < 4.78 is 17.1. The molecule has 0 unspecified atom stereocenters. The maximum atomic E-state index is 9.60. The topological polar surface area (TPSA) is 59.9 Å². The van der Waals surface area contributed by atoms with Gasteiger partial charge in [-0.15, -0.1) is 0 Å².